The summed E-state index contributed by atoms with van der Waals surface area (Å²) < 4.78 is 8.67. The highest BCUT2D eigenvalue weighted by Gasteiger charge is 2.39. The number of carbonyl (C=O) groups is 1. The molecule has 0 aromatic heterocycles. The number of rotatable bonds is 8. The maximum absolute atomic E-state index is 12.9. The fraction of sp³-hybridized carbons (Fsp3) is 0.692. The number of nitrogens with one attached hydrogen (secondary N) is 2. The largest absolute Gasteiger partial charge is 0.378 e. The summed E-state index contributed by atoms with van der Waals surface area (Å²) in [6.07, 6.45) is 12.7. The van der Waals surface area contributed by atoms with E-state index in [1.54, 1.807) is 7.11 Å². The Balaban J connectivity index is 1.38. The van der Waals surface area contributed by atoms with Gasteiger partial charge in [0.2, 0.25) is 0 Å². The van der Waals surface area contributed by atoms with E-state index >= 15 is 0 Å². The lowest BCUT2D eigenvalue weighted by Crippen LogP contribution is -2.47. The zero-order chi connectivity index (χ0) is 24.0. The molecule has 2 fully saturated rings. The molecule has 3 aliphatic rings. The van der Waals surface area contributed by atoms with Crippen molar-refractivity contribution in [2.75, 3.05) is 36.7 Å². The number of anilines is 2. The van der Waals surface area contributed by atoms with Gasteiger partial charge in [0.25, 0.3) is 5.91 Å². The summed E-state index contributed by atoms with van der Waals surface area (Å²) in [4.78, 5) is 16.1. The van der Waals surface area contributed by atoms with E-state index in [1.165, 1.54) is 44.1 Å². The van der Waals surface area contributed by atoms with Gasteiger partial charge in [0.1, 0.15) is 11.7 Å². The summed E-state index contributed by atoms with van der Waals surface area (Å²) in [5, 5.41) is 14.3. The van der Waals surface area contributed by atoms with E-state index in [9.17, 15) is 10.1 Å². The van der Waals surface area contributed by atoms with Gasteiger partial charge < -0.3 is 15.0 Å². The number of amides is 1. The fourth-order valence-corrected chi connectivity index (χ4v) is 7.66. The average Bonchev–Trinajstić information content (AvgIpc) is 2.88. The minimum Gasteiger partial charge on any atom is -0.378 e. The number of likely N-dealkylation sites (N-methyl/N-ethyl adjacent to an activating group) is 1. The van der Waals surface area contributed by atoms with Crippen LogP contribution in [0.2, 0.25) is 0 Å². The molecule has 8 heteroatoms. The van der Waals surface area contributed by atoms with E-state index < -0.39 is 5.60 Å². The molecule has 34 heavy (non-hydrogen) atoms. The van der Waals surface area contributed by atoms with Crippen molar-refractivity contribution in [3.63, 3.8) is 0 Å². The highest BCUT2D eigenvalue weighted by atomic mass is 32.2. The summed E-state index contributed by atoms with van der Waals surface area (Å²) in [7, 11) is 3.73. The molecule has 2 aliphatic carbocycles. The number of nitrogens with zero attached hydrogens (tertiary/aromatic N) is 2. The van der Waals surface area contributed by atoms with Crippen LogP contribution in [0, 0.1) is 11.3 Å². The van der Waals surface area contributed by atoms with E-state index in [2.05, 4.69) is 45.9 Å². The Hall–Kier alpha value is -1.56. The van der Waals surface area contributed by atoms with Crippen LogP contribution in [-0.4, -0.2) is 49.3 Å². The number of hydrogen-bond acceptors (Lipinski definition) is 7. The van der Waals surface area contributed by atoms with Crippen molar-refractivity contribution in [1.82, 2.24) is 4.72 Å². The molecule has 186 valence electrons. The molecule has 1 aromatic carbocycles. The number of methoxy groups -OCH3 is 1. The average molecular weight is 503 g/mol. The molecule has 1 atom stereocenters. The van der Waals surface area contributed by atoms with Crippen molar-refractivity contribution < 1.29 is 9.53 Å². The summed E-state index contributed by atoms with van der Waals surface area (Å²) >= 11 is 3.41. The number of nitriles is 1. The third kappa shape index (κ3) is 5.98. The van der Waals surface area contributed by atoms with Gasteiger partial charge in [-0.15, -0.1) is 0 Å². The molecule has 1 aromatic rings. The fourth-order valence-electron chi connectivity index (χ4n) is 5.50. The van der Waals surface area contributed by atoms with Crippen LogP contribution in [0.3, 0.4) is 0 Å². The monoisotopic (exact) mass is 502 g/mol. The quantitative estimate of drug-likeness (QED) is 0.440. The highest BCUT2D eigenvalue weighted by molar-refractivity contribution is 7.99. The minimum atomic E-state index is -0.723. The van der Waals surface area contributed by atoms with Crippen molar-refractivity contribution >= 4 is 41.0 Å². The Morgan fingerprint density at radius 2 is 1.97 bits per heavy atom. The maximum atomic E-state index is 12.9. The van der Waals surface area contributed by atoms with Gasteiger partial charge in [-0.2, -0.15) is 17.0 Å². The molecule has 0 bridgehead atoms. The highest BCUT2D eigenvalue weighted by Crippen LogP contribution is 2.38. The van der Waals surface area contributed by atoms with Gasteiger partial charge in [0.15, 0.2) is 0 Å². The van der Waals surface area contributed by atoms with Crippen LogP contribution in [0.1, 0.15) is 76.2 Å². The van der Waals surface area contributed by atoms with Crippen LogP contribution in [0.25, 0.3) is 0 Å². The number of thioether (sulfide) groups is 1. The third-order valence-corrected chi connectivity index (χ3v) is 9.74. The Bertz CT molecular complexity index is 892. The Labute approximate surface area is 213 Å². The van der Waals surface area contributed by atoms with Gasteiger partial charge in [-0.3, -0.25) is 9.52 Å². The number of fused-ring (bicyclic) bond motifs is 1. The summed E-state index contributed by atoms with van der Waals surface area (Å²) in [5.41, 5.74) is 1.84. The standard InChI is InChI=1S/C26H38N4O2S2/c1-30-18-20(11-14-33-21-9-5-3-6-10-21)28-24-19(17-27)15-22(16-23(24)30)34-29-25(31)26(32-2)12-7-4-8-13-26/h15-16,20-21,28H,3-14,18H2,1-2H3,(H,29,31). The molecule has 4 rings (SSSR count). The van der Waals surface area contributed by atoms with Gasteiger partial charge in [0.05, 0.1) is 16.9 Å². The summed E-state index contributed by atoms with van der Waals surface area (Å²) in [5.74, 6) is 1.09. The first-order chi connectivity index (χ1) is 16.5. The van der Waals surface area contributed by atoms with Gasteiger partial charge in [-0.25, -0.2) is 0 Å². The van der Waals surface area contributed by atoms with Crippen molar-refractivity contribution in [3.8, 4) is 6.07 Å². The Morgan fingerprint density at radius 3 is 2.68 bits per heavy atom. The van der Waals surface area contributed by atoms with Crippen LogP contribution in [-0.2, 0) is 9.53 Å². The molecule has 2 saturated carbocycles. The van der Waals surface area contributed by atoms with Crippen LogP contribution in [0.4, 0.5) is 11.4 Å². The Kier molecular flexibility index (Phi) is 8.95. The number of ether oxygens (including phenoxy) is 1. The summed E-state index contributed by atoms with van der Waals surface area (Å²) in [6.45, 7) is 0.913. The maximum Gasteiger partial charge on any atom is 0.262 e. The van der Waals surface area contributed by atoms with E-state index in [0.29, 0.717) is 11.6 Å². The Morgan fingerprint density at radius 1 is 1.24 bits per heavy atom. The van der Waals surface area contributed by atoms with Crippen molar-refractivity contribution in [2.24, 2.45) is 0 Å². The van der Waals surface area contributed by atoms with Crippen molar-refractivity contribution in [3.05, 3.63) is 17.7 Å². The second-order valence-corrected chi connectivity index (χ2v) is 12.2. The lowest BCUT2D eigenvalue weighted by Gasteiger charge is -2.36. The van der Waals surface area contributed by atoms with Gasteiger partial charge >= 0.3 is 0 Å². The molecule has 1 aliphatic heterocycles. The predicted molar refractivity (Wildman–Crippen MR) is 143 cm³/mol. The lowest BCUT2D eigenvalue weighted by atomic mass is 9.84. The molecule has 1 heterocycles. The molecule has 1 unspecified atom stereocenters. The van der Waals surface area contributed by atoms with Crippen LogP contribution < -0.4 is 14.9 Å². The molecule has 1 amide bonds. The van der Waals surface area contributed by atoms with Crippen LogP contribution in [0.5, 0.6) is 0 Å². The number of hydrogen-bond donors (Lipinski definition) is 2. The number of carbonyl (C=O) groups excluding carboxylic acids is 1. The molecule has 2 N–H and O–H groups in total. The van der Waals surface area contributed by atoms with E-state index in [4.69, 9.17) is 4.74 Å². The number of benzene rings is 1. The molecule has 0 radical (unpaired) electrons. The SMILES string of the molecule is COC1(C(=O)NSc2cc(C#N)c3c(c2)N(C)CC(CCSC2CCCCC2)N3)CCCCC1. The molecule has 6 nitrogen and oxygen atoms in total. The first kappa shape index (κ1) is 25.5. The van der Waals surface area contributed by atoms with E-state index in [0.717, 1.165) is 72.3 Å². The first-order valence-corrected chi connectivity index (χ1v) is 14.6. The topological polar surface area (TPSA) is 77.4 Å². The zero-order valence-corrected chi connectivity index (χ0v) is 22.2. The van der Waals surface area contributed by atoms with Gasteiger partial charge in [-0.1, -0.05) is 38.5 Å². The molecule has 0 saturated heterocycles. The van der Waals surface area contributed by atoms with Crippen molar-refractivity contribution in [1.29, 1.82) is 5.26 Å². The zero-order valence-electron chi connectivity index (χ0n) is 20.5. The van der Waals surface area contributed by atoms with Crippen LogP contribution >= 0.6 is 23.7 Å². The second kappa shape index (κ2) is 11.9. The second-order valence-electron chi connectivity index (χ2n) is 9.91. The van der Waals surface area contributed by atoms with Crippen molar-refractivity contribution in [2.45, 2.75) is 92.4 Å². The molecular formula is C26H38N4O2S2. The molecule has 0 spiro atoms. The smallest absolute Gasteiger partial charge is 0.262 e. The first-order valence-electron chi connectivity index (χ1n) is 12.7. The van der Waals surface area contributed by atoms with Gasteiger partial charge in [0, 0.05) is 36.9 Å². The van der Waals surface area contributed by atoms with Gasteiger partial charge in [-0.05, 0) is 61.9 Å². The molecular weight excluding hydrogens is 464 g/mol. The van der Waals surface area contributed by atoms with E-state index in [1.807, 2.05) is 6.07 Å². The predicted octanol–water partition coefficient (Wildman–Crippen LogP) is 5.72. The minimum absolute atomic E-state index is 0.0714. The summed E-state index contributed by atoms with van der Waals surface area (Å²) in [6, 6.07) is 6.66. The lowest BCUT2D eigenvalue weighted by molar-refractivity contribution is -0.145. The normalized spacial score (nSPS) is 22.4. The third-order valence-electron chi connectivity index (χ3n) is 7.56. The van der Waals surface area contributed by atoms with Crippen LogP contribution in [0.15, 0.2) is 17.0 Å². The van der Waals surface area contributed by atoms with E-state index in [-0.39, 0.29) is 5.91 Å².